The second-order valence-electron chi connectivity index (χ2n) is 12.0. The summed E-state index contributed by atoms with van der Waals surface area (Å²) in [5.74, 6) is -2.18. The number of halogens is 3. The van der Waals surface area contributed by atoms with Crippen molar-refractivity contribution in [3.63, 3.8) is 0 Å². The quantitative estimate of drug-likeness (QED) is 0.198. The highest BCUT2D eigenvalue weighted by molar-refractivity contribution is 7.96. The average Bonchev–Trinajstić information content (AvgIpc) is 3.28. The third-order valence-electron chi connectivity index (χ3n) is 7.16. The third-order valence-corrected chi connectivity index (χ3v) is 7.47. The van der Waals surface area contributed by atoms with Gasteiger partial charge >= 0.3 is 12.3 Å². The molecular formula is C27H43F3N4O7S. The lowest BCUT2D eigenvalue weighted by Crippen LogP contribution is -2.59. The molecule has 15 heteroatoms. The van der Waals surface area contributed by atoms with Crippen LogP contribution in [-0.4, -0.2) is 78.1 Å². The lowest BCUT2D eigenvalue weighted by molar-refractivity contribution is -0.160. The van der Waals surface area contributed by atoms with E-state index in [1.165, 1.54) is 6.92 Å². The van der Waals surface area contributed by atoms with Crippen molar-refractivity contribution < 1.29 is 46.6 Å². The van der Waals surface area contributed by atoms with E-state index in [0.717, 1.165) is 32.1 Å². The molecule has 4 N–H and O–H groups in total. The van der Waals surface area contributed by atoms with Crippen molar-refractivity contribution in [1.29, 1.82) is 0 Å². The maximum absolute atomic E-state index is 13.5. The van der Waals surface area contributed by atoms with Crippen molar-refractivity contribution in [3.8, 4) is 0 Å². The van der Waals surface area contributed by atoms with Crippen LogP contribution >= 0.6 is 12.6 Å². The van der Waals surface area contributed by atoms with Crippen molar-refractivity contribution in [2.75, 3.05) is 13.2 Å². The topological polar surface area (TPSA) is 152 Å². The largest absolute Gasteiger partial charge is 0.440 e. The Labute approximate surface area is 249 Å². The summed E-state index contributed by atoms with van der Waals surface area (Å²) in [5.41, 5.74) is -0.791. The number of carbonyl (C=O) groups excluding carboxylic acids is 5. The number of amides is 4. The Hall–Kier alpha value is -2.55. The van der Waals surface area contributed by atoms with E-state index >= 15 is 0 Å². The van der Waals surface area contributed by atoms with Gasteiger partial charge in [-0.1, -0.05) is 32.1 Å². The van der Waals surface area contributed by atoms with E-state index in [2.05, 4.69) is 38.6 Å². The third kappa shape index (κ3) is 12.8. The van der Waals surface area contributed by atoms with Crippen molar-refractivity contribution in [2.24, 2.45) is 11.8 Å². The molecule has 0 spiro atoms. The number of thiol groups is 1. The molecule has 11 nitrogen and oxygen atoms in total. The molecule has 1 aliphatic heterocycles. The summed E-state index contributed by atoms with van der Waals surface area (Å²) >= 11 is 3.89. The van der Waals surface area contributed by atoms with Crippen molar-refractivity contribution in [1.82, 2.24) is 21.3 Å². The summed E-state index contributed by atoms with van der Waals surface area (Å²) in [5, 5.41) is 9.39. The van der Waals surface area contributed by atoms with E-state index in [1.54, 1.807) is 20.8 Å². The molecule has 2 aliphatic rings. The van der Waals surface area contributed by atoms with Gasteiger partial charge in [0, 0.05) is 12.5 Å². The summed E-state index contributed by atoms with van der Waals surface area (Å²) in [6, 6.07) is -3.75. The highest BCUT2D eigenvalue weighted by atomic mass is 32.1. The lowest BCUT2D eigenvalue weighted by atomic mass is 9.84. The van der Waals surface area contributed by atoms with Gasteiger partial charge < -0.3 is 30.7 Å². The monoisotopic (exact) mass is 624 g/mol. The zero-order chi connectivity index (χ0) is 31.7. The summed E-state index contributed by atoms with van der Waals surface area (Å²) in [6.07, 6.45) is -1.92. The number of alkyl halides is 3. The summed E-state index contributed by atoms with van der Waals surface area (Å²) in [7, 11) is 0. The highest BCUT2D eigenvalue weighted by Gasteiger charge is 2.37. The van der Waals surface area contributed by atoms with Gasteiger partial charge in [-0.3, -0.25) is 19.2 Å². The van der Waals surface area contributed by atoms with E-state index in [1.807, 2.05) is 0 Å². The Kier molecular flexibility index (Phi) is 13.4. The fraction of sp³-hybridized carbons (Fsp3) is 0.815. The number of alkyl carbamates (subject to hydrolysis) is 1. The number of ether oxygens (including phenoxy) is 2. The van der Waals surface area contributed by atoms with Crippen molar-refractivity contribution in [3.05, 3.63) is 0 Å². The highest BCUT2D eigenvalue weighted by Crippen LogP contribution is 2.28. The molecule has 42 heavy (non-hydrogen) atoms. The maximum atomic E-state index is 13.5. The number of nitrogens with one attached hydrogen (secondary N) is 4. The maximum Gasteiger partial charge on any atom is 0.422 e. The SMILES string of the molecule is C[C@@H](OC(C)(C)C)[C@H](NC(=O)OCC(F)(F)F)C(=O)N[C@@H](CC1CCCCC1)C(=O)N[C@@H](C[C@@H]1CCNC1=O)C(=O)S. The first-order chi connectivity index (χ1) is 19.4. The first kappa shape index (κ1) is 35.6. The molecule has 1 heterocycles. The van der Waals surface area contributed by atoms with E-state index in [0.29, 0.717) is 13.0 Å². The molecule has 0 aromatic carbocycles. The molecule has 240 valence electrons. The van der Waals surface area contributed by atoms with Crippen molar-refractivity contribution >= 4 is 41.6 Å². The zero-order valence-corrected chi connectivity index (χ0v) is 25.4. The van der Waals surface area contributed by atoms with E-state index < -0.39 is 71.6 Å². The molecule has 1 saturated heterocycles. The smallest absolute Gasteiger partial charge is 0.422 e. The zero-order valence-electron chi connectivity index (χ0n) is 24.5. The van der Waals surface area contributed by atoms with E-state index in [9.17, 15) is 37.1 Å². The predicted octanol–water partition coefficient (Wildman–Crippen LogP) is 2.77. The van der Waals surface area contributed by atoms with Gasteiger partial charge in [-0.05, 0) is 52.9 Å². The number of hydrogen-bond acceptors (Lipinski definition) is 7. The van der Waals surface area contributed by atoms with Crippen LogP contribution in [0, 0.1) is 11.8 Å². The fourth-order valence-electron chi connectivity index (χ4n) is 5.24. The van der Waals surface area contributed by atoms with Crippen LogP contribution in [-0.2, 0) is 28.7 Å². The minimum absolute atomic E-state index is 0.0374. The Morgan fingerprint density at radius 3 is 2.10 bits per heavy atom. The molecule has 2 rings (SSSR count). The van der Waals surface area contributed by atoms with Gasteiger partial charge in [0.1, 0.15) is 12.1 Å². The van der Waals surface area contributed by atoms with Gasteiger partial charge in [0.15, 0.2) is 6.61 Å². The molecule has 1 saturated carbocycles. The predicted molar refractivity (Wildman–Crippen MR) is 149 cm³/mol. The minimum atomic E-state index is -4.77. The molecule has 5 atom stereocenters. The van der Waals surface area contributed by atoms with Crippen LogP contribution in [0.2, 0.25) is 0 Å². The van der Waals surface area contributed by atoms with Crippen LogP contribution in [0.5, 0.6) is 0 Å². The molecule has 2 fully saturated rings. The normalized spacial score (nSPS) is 21.0. The van der Waals surface area contributed by atoms with Gasteiger partial charge in [0.2, 0.25) is 22.8 Å². The first-order valence-corrected chi connectivity index (χ1v) is 14.7. The summed E-state index contributed by atoms with van der Waals surface area (Å²) in [4.78, 5) is 63.5. The minimum Gasteiger partial charge on any atom is -0.440 e. The molecule has 0 radical (unpaired) electrons. The van der Waals surface area contributed by atoms with Crippen LogP contribution in [0.3, 0.4) is 0 Å². The second-order valence-corrected chi connectivity index (χ2v) is 12.4. The van der Waals surface area contributed by atoms with Gasteiger partial charge in [0.25, 0.3) is 0 Å². The fourth-order valence-corrected chi connectivity index (χ4v) is 5.41. The molecule has 0 bridgehead atoms. The number of rotatable bonds is 13. The van der Waals surface area contributed by atoms with Crippen LogP contribution in [0.25, 0.3) is 0 Å². The second kappa shape index (κ2) is 15.8. The number of carbonyl (C=O) groups is 5. The van der Waals surface area contributed by atoms with Gasteiger partial charge in [-0.2, -0.15) is 13.2 Å². The van der Waals surface area contributed by atoms with Gasteiger partial charge in [0.05, 0.1) is 17.7 Å². The molecule has 0 aromatic heterocycles. The lowest BCUT2D eigenvalue weighted by Gasteiger charge is -2.32. The van der Waals surface area contributed by atoms with Crippen molar-refractivity contribution in [2.45, 2.75) is 115 Å². The standard InChI is InChI=1S/C27H43F3N4O7S/c1-15(41-26(2,3)4)20(34-25(39)40-14-27(28,29)30)23(37)32-18(12-16-8-6-5-7-9-16)22(36)33-19(24(38)42)13-17-10-11-31-21(17)35/h15-20H,5-14H2,1-4H3,(H,31,35)(H,32,37)(H,33,36)(H,34,39)(H,38,42)/t15-,17+,18+,19+,20+/m1/s1. The Morgan fingerprint density at radius 1 is 0.952 bits per heavy atom. The van der Waals surface area contributed by atoms with Crippen LogP contribution in [0.1, 0.15) is 79.1 Å². The molecule has 1 aliphatic carbocycles. The molecule has 0 unspecified atom stereocenters. The summed E-state index contributed by atoms with van der Waals surface area (Å²) in [6.45, 7) is 5.14. The van der Waals surface area contributed by atoms with E-state index in [-0.39, 0.29) is 24.7 Å². The Morgan fingerprint density at radius 2 is 1.57 bits per heavy atom. The van der Waals surface area contributed by atoms with Gasteiger partial charge in [-0.25, -0.2) is 4.79 Å². The molecule has 0 aromatic rings. The molecule has 4 amide bonds. The Balaban J connectivity index is 2.24. The number of hydrogen-bond donors (Lipinski definition) is 5. The Bertz CT molecular complexity index is 970. The summed E-state index contributed by atoms with van der Waals surface area (Å²) < 4.78 is 47.8. The first-order valence-electron chi connectivity index (χ1n) is 14.2. The van der Waals surface area contributed by atoms with Gasteiger partial charge in [-0.15, -0.1) is 12.6 Å². The van der Waals surface area contributed by atoms with Crippen LogP contribution in [0.15, 0.2) is 0 Å². The van der Waals surface area contributed by atoms with Crippen LogP contribution in [0.4, 0.5) is 18.0 Å². The van der Waals surface area contributed by atoms with Crippen LogP contribution < -0.4 is 21.3 Å². The molecular weight excluding hydrogens is 581 g/mol. The van der Waals surface area contributed by atoms with E-state index in [4.69, 9.17) is 4.74 Å². The average molecular weight is 625 g/mol.